The third-order valence-electron chi connectivity index (χ3n) is 4.03. The van der Waals surface area contributed by atoms with Gasteiger partial charge < -0.3 is 5.32 Å². The molecule has 1 N–H and O–H groups in total. The van der Waals surface area contributed by atoms with Crippen LogP contribution in [0.5, 0.6) is 0 Å². The number of halogens is 1. The van der Waals surface area contributed by atoms with Gasteiger partial charge in [-0.05, 0) is 80.6 Å². The summed E-state index contributed by atoms with van der Waals surface area (Å²) in [4.78, 5) is 0. The molecule has 0 spiro atoms. The molecule has 0 aliphatic carbocycles. The zero-order valence-electron chi connectivity index (χ0n) is 13.1. The molecule has 0 aliphatic rings. The lowest BCUT2D eigenvalue weighted by atomic mass is 9.91. The molecule has 2 rings (SSSR count). The van der Waals surface area contributed by atoms with Crippen molar-refractivity contribution in [2.75, 3.05) is 13.6 Å². The number of aryl methyl sites for hydroxylation is 2. The van der Waals surface area contributed by atoms with Gasteiger partial charge in [-0.2, -0.15) is 0 Å². The van der Waals surface area contributed by atoms with E-state index in [4.69, 9.17) is 0 Å². The molecule has 0 fully saturated rings. The Labute approximate surface area is 127 Å². The molecule has 2 aromatic carbocycles. The van der Waals surface area contributed by atoms with Gasteiger partial charge in [-0.3, -0.25) is 0 Å². The Bertz CT molecular complexity index is 575. The molecule has 1 unspecified atom stereocenters. The summed E-state index contributed by atoms with van der Waals surface area (Å²) in [5.41, 5.74) is 5.25. The number of nitrogens with one attached hydrogen (secondary N) is 1. The molecule has 112 valence electrons. The predicted octanol–water partition coefficient (Wildman–Crippen LogP) is 4.06. The fourth-order valence-corrected chi connectivity index (χ4v) is 2.72. The van der Waals surface area contributed by atoms with E-state index in [9.17, 15) is 4.39 Å². The lowest BCUT2D eigenvalue weighted by Gasteiger charge is -2.17. The highest BCUT2D eigenvalue weighted by atomic mass is 19.1. The fraction of sp³-hybridized carbons (Fsp3) is 0.368. The van der Waals surface area contributed by atoms with E-state index in [-0.39, 0.29) is 5.82 Å². The van der Waals surface area contributed by atoms with E-state index in [0.717, 1.165) is 19.4 Å². The van der Waals surface area contributed by atoms with E-state index < -0.39 is 0 Å². The maximum atomic E-state index is 13.0. The zero-order valence-corrected chi connectivity index (χ0v) is 13.1. The van der Waals surface area contributed by atoms with Crippen LogP contribution in [0.1, 0.15) is 22.3 Å². The molecule has 0 saturated carbocycles. The molecule has 0 amide bonds. The van der Waals surface area contributed by atoms with Crippen molar-refractivity contribution < 1.29 is 4.39 Å². The molecule has 1 atom stereocenters. The Kier molecular flexibility index (Phi) is 5.51. The van der Waals surface area contributed by atoms with Gasteiger partial charge in [0.2, 0.25) is 0 Å². The van der Waals surface area contributed by atoms with Crippen molar-refractivity contribution in [2.45, 2.75) is 26.7 Å². The Hall–Kier alpha value is -1.67. The monoisotopic (exact) mass is 285 g/mol. The fourth-order valence-electron chi connectivity index (χ4n) is 2.72. The number of hydrogen-bond donors (Lipinski definition) is 1. The summed E-state index contributed by atoms with van der Waals surface area (Å²) in [7, 11) is 1.98. The second-order valence-electron chi connectivity index (χ2n) is 5.88. The van der Waals surface area contributed by atoms with E-state index in [1.54, 1.807) is 12.1 Å². The minimum Gasteiger partial charge on any atom is -0.319 e. The highest BCUT2D eigenvalue weighted by molar-refractivity contribution is 5.30. The molecule has 0 aliphatic heterocycles. The minimum absolute atomic E-state index is 0.168. The van der Waals surface area contributed by atoms with Gasteiger partial charge in [-0.25, -0.2) is 4.39 Å². The number of rotatable bonds is 6. The summed E-state index contributed by atoms with van der Waals surface area (Å²) < 4.78 is 13.0. The third kappa shape index (κ3) is 4.68. The molecule has 2 heteroatoms. The van der Waals surface area contributed by atoms with Gasteiger partial charge in [0.25, 0.3) is 0 Å². The van der Waals surface area contributed by atoms with Crippen LogP contribution in [-0.2, 0) is 12.8 Å². The molecule has 21 heavy (non-hydrogen) atoms. The van der Waals surface area contributed by atoms with Crippen molar-refractivity contribution in [1.82, 2.24) is 5.32 Å². The lowest BCUT2D eigenvalue weighted by molar-refractivity contribution is 0.492. The SMILES string of the molecule is CNCC(Cc1ccc(F)cc1)Cc1ccc(C)c(C)c1. The first-order valence-electron chi connectivity index (χ1n) is 7.53. The van der Waals surface area contributed by atoms with Crippen LogP contribution >= 0.6 is 0 Å². The Balaban J connectivity index is 2.07. The molecular formula is C19H24FN. The van der Waals surface area contributed by atoms with E-state index in [2.05, 4.69) is 37.4 Å². The smallest absolute Gasteiger partial charge is 0.123 e. The van der Waals surface area contributed by atoms with Crippen molar-refractivity contribution in [3.8, 4) is 0 Å². The van der Waals surface area contributed by atoms with Crippen LogP contribution in [0.25, 0.3) is 0 Å². The predicted molar refractivity (Wildman–Crippen MR) is 87.1 cm³/mol. The molecule has 0 heterocycles. The first-order valence-corrected chi connectivity index (χ1v) is 7.53. The van der Waals surface area contributed by atoms with Crippen LogP contribution in [0.4, 0.5) is 4.39 Å². The van der Waals surface area contributed by atoms with Gasteiger partial charge in [0.05, 0.1) is 0 Å². The highest BCUT2D eigenvalue weighted by Crippen LogP contribution is 2.17. The van der Waals surface area contributed by atoms with Gasteiger partial charge in [-0.15, -0.1) is 0 Å². The summed E-state index contributed by atoms with van der Waals surface area (Å²) in [6.45, 7) is 5.26. The number of benzene rings is 2. The Morgan fingerprint density at radius 3 is 2.14 bits per heavy atom. The normalized spacial score (nSPS) is 12.4. The standard InChI is InChI=1S/C19H24FN/c1-14-4-5-17(10-15(14)2)12-18(13-21-3)11-16-6-8-19(20)9-7-16/h4-10,18,21H,11-13H2,1-3H3. The van der Waals surface area contributed by atoms with Gasteiger partial charge in [0.1, 0.15) is 5.82 Å². The van der Waals surface area contributed by atoms with Crippen LogP contribution < -0.4 is 5.32 Å². The topological polar surface area (TPSA) is 12.0 Å². The molecule has 0 bridgehead atoms. The van der Waals surface area contributed by atoms with Crippen molar-refractivity contribution >= 4 is 0 Å². The highest BCUT2D eigenvalue weighted by Gasteiger charge is 2.11. The summed E-state index contributed by atoms with van der Waals surface area (Å²) in [5, 5.41) is 3.27. The van der Waals surface area contributed by atoms with Crippen LogP contribution in [0.3, 0.4) is 0 Å². The molecule has 0 saturated heterocycles. The molecule has 0 aromatic heterocycles. The maximum Gasteiger partial charge on any atom is 0.123 e. The average molecular weight is 285 g/mol. The summed E-state index contributed by atoms with van der Waals surface area (Å²) in [6, 6.07) is 13.6. The number of hydrogen-bond acceptors (Lipinski definition) is 1. The lowest BCUT2D eigenvalue weighted by Crippen LogP contribution is -2.22. The maximum absolute atomic E-state index is 13.0. The van der Waals surface area contributed by atoms with Crippen LogP contribution in [-0.4, -0.2) is 13.6 Å². The van der Waals surface area contributed by atoms with Crippen LogP contribution in [0.2, 0.25) is 0 Å². The molecule has 2 aromatic rings. The van der Waals surface area contributed by atoms with E-state index in [1.807, 2.05) is 19.2 Å². The van der Waals surface area contributed by atoms with Crippen molar-refractivity contribution in [2.24, 2.45) is 5.92 Å². The largest absolute Gasteiger partial charge is 0.319 e. The molecular weight excluding hydrogens is 261 g/mol. The van der Waals surface area contributed by atoms with Gasteiger partial charge in [0.15, 0.2) is 0 Å². The van der Waals surface area contributed by atoms with Crippen LogP contribution in [0, 0.1) is 25.6 Å². The van der Waals surface area contributed by atoms with Crippen molar-refractivity contribution in [1.29, 1.82) is 0 Å². The summed E-state index contributed by atoms with van der Waals surface area (Å²) >= 11 is 0. The van der Waals surface area contributed by atoms with Crippen LogP contribution in [0.15, 0.2) is 42.5 Å². The molecule has 0 radical (unpaired) electrons. The second kappa shape index (κ2) is 7.37. The third-order valence-corrected chi connectivity index (χ3v) is 4.03. The van der Waals surface area contributed by atoms with Gasteiger partial charge in [-0.1, -0.05) is 30.3 Å². The first-order chi connectivity index (χ1) is 10.1. The zero-order chi connectivity index (χ0) is 15.2. The summed E-state index contributed by atoms with van der Waals surface area (Å²) in [5.74, 6) is 0.348. The Morgan fingerprint density at radius 1 is 0.905 bits per heavy atom. The first kappa shape index (κ1) is 15.7. The van der Waals surface area contributed by atoms with Crippen molar-refractivity contribution in [3.63, 3.8) is 0 Å². The summed E-state index contributed by atoms with van der Waals surface area (Å²) in [6.07, 6.45) is 2.01. The van der Waals surface area contributed by atoms with E-state index >= 15 is 0 Å². The molecule has 1 nitrogen and oxygen atoms in total. The van der Waals surface area contributed by atoms with E-state index in [1.165, 1.54) is 22.3 Å². The van der Waals surface area contributed by atoms with Gasteiger partial charge >= 0.3 is 0 Å². The van der Waals surface area contributed by atoms with E-state index in [0.29, 0.717) is 5.92 Å². The minimum atomic E-state index is -0.168. The quantitative estimate of drug-likeness (QED) is 0.844. The second-order valence-corrected chi connectivity index (χ2v) is 5.88. The average Bonchev–Trinajstić information content (AvgIpc) is 2.46. The van der Waals surface area contributed by atoms with Gasteiger partial charge in [0, 0.05) is 0 Å². The van der Waals surface area contributed by atoms with Crippen molar-refractivity contribution in [3.05, 3.63) is 70.5 Å². The Morgan fingerprint density at radius 2 is 1.52 bits per heavy atom.